The summed E-state index contributed by atoms with van der Waals surface area (Å²) in [6.45, 7) is 1.94. The first-order valence-electron chi connectivity index (χ1n) is 5.97. The van der Waals surface area contributed by atoms with Gasteiger partial charge in [-0.3, -0.25) is 0 Å². The van der Waals surface area contributed by atoms with Gasteiger partial charge in [-0.2, -0.15) is 0 Å². The maximum Gasteiger partial charge on any atom is 0.348 e. The Morgan fingerprint density at radius 2 is 2.20 bits per heavy atom. The van der Waals surface area contributed by atoms with Gasteiger partial charge in [0.25, 0.3) is 0 Å². The van der Waals surface area contributed by atoms with Gasteiger partial charge in [-0.25, -0.2) is 4.79 Å². The molecule has 1 aromatic carbocycles. The van der Waals surface area contributed by atoms with Crippen LogP contribution >= 0.6 is 22.9 Å². The Morgan fingerprint density at radius 3 is 2.75 bits per heavy atom. The molecule has 2 rings (SSSR count). The smallest absolute Gasteiger partial charge is 0.348 e. The summed E-state index contributed by atoms with van der Waals surface area (Å²) in [6.07, 6.45) is 0.639. The van der Waals surface area contributed by atoms with E-state index in [1.807, 2.05) is 6.92 Å². The van der Waals surface area contributed by atoms with Gasteiger partial charge in [-0.15, -0.1) is 11.3 Å². The van der Waals surface area contributed by atoms with Crippen molar-refractivity contribution in [2.24, 2.45) is 0 Å². The molecule has 0 aliphatic carbocycles. The van der Waals surface area contributed by atoms with E-state index in [4.69, 9.17) is 22.1 Å². The summed E-state index contributed by atoms with van der Waals surface area (Å²) < 4.78 is 5.32. The van der Waals surface area contributed by atoms with E-state index in [0.717, 1.165) is 27.3 Å². The molecule has 4 nitrogen and oxygen atoms in total. The van der Waals surface area contributed by atoms with Gasteiger partial charge in [0.05, 0.1) is 12.8 Å². The van der Waals surface area contributed by atoms with E-state index in [1.54, 1.807) is 25.3 Å². The van der Waals surface area contributed by atoms with Crippen LogP contribution in [0.25, 0.3) is 10.4 Å². The van der Waals surface area contributed by atoms with Crippen LogP contribution in [0.2, 0.25) is 5.02 Å². The Labute approximate surface area is 125 Å². The van der Waals surface area contributed by atoms with Crippen LogP contribution in [0.15, 0.2) is 18.2 Å². The van der Waals surface area contributed by atoms with Crippen LogP contribution in [0.3, 0.4) is 0 Å². The summed E-state index contributed by atoms with van der Waals surface area (Å²) in [7, 11) is 1.56. The molecular formula is C14H14ClNO3S. The first-order valence-corrected chi connectivity index (χ1v) is 7.17. The zero-order chi connectivity index (χ0) is 14.9. The molecule has 1 aromatic heterocycles. The van der Waals surface area contributed by atoms with E-state index in [0.29, 0.717) is 22.9 Å². The Balaban J connectivity index is 2.72. The molecule has 106 valence electrons. The lowest BCUT2D eigenvalue weighted by Gasteiger charge is -2.09. The number of ether oxygens (including phenoxy) is 1. The standard InChI is InChI=1S/C14H14ClNO3S/c1-3-8-11(16)13(14(17)18)20-12(8)9-6-7(15)4-5-10(9)19-2/h4-6H,3,16H2,1-2H3,(H,17,18). The van der Waals surface area contributed by atoms with Crippen LogP contribution in [0.1, 0.15) is 22.2 Å². The molecule has 20 heavy (non-hydrogen) atoms. The first-order chi connectivity index (χ1) is 9.49. The number of hydrogen-bond donors (Lipinski definition) is 2. The lowest BCUT2D eigenvalue weighted by molar-refractivity contribution is 0.0703. The third-order valence-electron chi connectivity index (χ3n) is 3.00. The molecule has 0 bridgehead atoms. The Morgan fingerprint density at radius 1 is 1.50 bits per heavy atom. The molecule has 0 saturated carbocycles. The maximum absolute atomic E-state index is 11.2. The zero-order valence-corrected chi connectivity index (χ0v) is 12.6. The van der Waals surface area contributed by atoms with Gasteiger partial charge in [0, 0.05) is 15.5 Å². The van der Waals surface area contributed by atoms with Crippen LogP contribution in [0, 0.1) is 0 Å². The number of thiophene rings is 1. The number of methoxy groups -OCH3 is 1. The Bertz CT molecular complexity index is 667. The molecule has 0 fully saturated rings. The van der Waals surface area contributed by atoms with Crippen LogP contribution in [0.4, 0.5) is 5.69 Å². The van der Waals surface area contributed by atoms with Crippen LogP contribution in [-0.4, -0.2) is 18.2 Å². The molecule has 3 N–H and O–H groups in total. The summed E-state index contributed by atoms with van der Waals surface area (Å²) in [5, 5.41) is 9.76. The van der Waals surface area contributed by atoms with Crippen LogP contribution in [0.5, 0.6) is 5.75 Å². The van der Waals surface area contributed by atoms with E-state index in [2.05, 4.69) is 0 Å². The molecule has 6 heteroatoms. The summed E-state index contributed by atoms with van der Waals surface area (Å²) >= 11 is 7.18. The van der Waals surface area contributed by atoms with Crippen molar-refractivity contribution in [2.75, 3.05) is 12.8 Å². The minimum absolute atomic E-state index is 0.152. The molecule has 0 aliphatic heterocycles. The maximum atomic E-state index is 11.2. The van der Waals surface area contributed by atoms with Crippen molar-refractivity contribution in [2.45, 2.75) is 13.3 Å². The van der Waals surface area contributed by atoms with Crippen molar-refractivity contribution in [3.05, 3.63) is 33.7 Å². The third-order valence-corrected chi connectivity index (χ3v) is 4.51. The minimum Gasteiger partial charge on any atom is -0.496 e. The number of carboxylic acids is 1. The average molecular weight is 312 g/mol. The van der Waals surface area contributed by atoms with Gasteiger partial charge >= 0.3 is 5.97 Å². The predicted molar refractivity (Wildman–Crippen MR) is 82.1 cm³/mol. The van der Waals surface area contributed by atoms with E-state index in [-0.39, 0.29) is 4.88 Å². The second-order valence-corrected chi connectivity index (χ2v) is 5.61. The molecule has 0 saturated heterocycles. The lowest BCUT2D eigenvalue weighted by Crippen LogP contribution is -1.99. The van der Waals surface area contributed by atoms with E-state index in [9.17, 15) is 9.90 Å². The highest BCUT2D eigenvalue weighted by molar-refractivity contribution is 7.18. The summed E-state index contributed by atoms with van der Waals surface area (Å²) in [5.74, 6) is -0.378. The highest BCUT2D eigenvalue weighted by Gasteiger charge is 2.22. The van der Waals surface area contributed by atoms with E-state index in [1.165, 1.54) is 0 Å². The number of aromatic carboxylic acids is 1. The molecule has 0 aliphatic rings. The topological polar surface area (TPSA) is 72.5 Å². The fourth-order valence-electron chi connectivity index (χ4n) is 2.06. The van der Waals surface area contributed by atoms with Crippen LogP contribution < -0.4 is 10.5 Å². The fraction of sp³-hybridized carbons (Fsp3) is 0.214. The quantitative estimate of drug-likeness (QED) is 0.897. The monoisotopic (exact) mass is 311 g/mol. The molecule has 0 atom stereocenters. The highest BCUT2D eigenvalue weighted by Crippen LogP contribution is 2.43. The predicted octanol–water partition coefficient (Wildman–Crippen LogP) is 3.92. The number of benzene rings is 1. The number of carbonyl (C=O) groups is 1. The SMILES string of the molecule is CCc1c(-c2cc(Cl)ccc2OC)sc(C(=O)O)c1N. The van der Waals surface area contributed by atoms with Gasteiger partial charge in [0.2, 0.25) is 0 Å². The summed E-state index contributed by atoms with van der Waals surface area (Å²) in [4.78, 5) is 12.2. The number of halogens is 1. The molecule has 0 spiro atoms. The van der Waals surface area contributed by atoms with Crippen molar-refractivity contribution in [3.8, 4) is 16.2 Å². The first kappa shape index (κ1) is 14.7. The molecule has 0 unspecified atom stereocenters. The molecule has 1 heterocycles. The highest BCUT2D eigenvalue weighted by atomic mass is 35.5. The van der Waals surface area contributed by atoms with Crippen molar-refractivity contribution in [1.29, 1.82) is 0 Å². The van der Waals surface area contributed by atoms with Crippen molar-refractivity contribution < 1.29 is 14.6 Å². The second-order valence-electron chi connectivity index (χ2n) is 4.16. The van der Waals surface area contributed by atoms with Gasteiger partial charge in [0.15, 0.2) is 0 Å². The number of carboxylic acid groups (broad SMARTS) is 1. The Kier molecular flexibility index (Phi) is 4.20. The van der Waals surface area contributed by atoms with E-state index >= 15 is 0 Å². The molecule has 2 aromatic rings. The van der Waals surface area contributed by atoms with Gasteiger partial charge in [0.1, 0.15) is 10.6 Å². The third kappa shape index (κ3) is 2.46. The van der Waals surface area contributed by atoms with Gasteiger partial charge in [-0.1, -0.05) is 18.5 Å². The van der Waals surface area contributed by atoms with Crippen molar-refractivity contribution in [1.82, 2.24) is 0 Å². The number of nitrogen functional groups attached to an aromatic ring is 1. The second kappa shape index (κ2) is 5.73. The van der Waals surface area contributed by atoms with Gasteiger partial charge < -0.3 is 15.6 Å². The minimum atomic E-state index is -1.02. The lowest BCUT2D eigenvalue weighted by atomic mass is 10.1. The summed E-state index contributed by atoms with van der Waals surface area (Å²) in [6, 6.07) is 5.24. The number of hydrogen-bond acceptors (Lipinski definition) is 4. The van der Waals surface area contributed by atoms with Gasteiger partial charge in [-0.05, 0) is 30.2 Å². The van der Waals surface area contributed by atoms with Crippen LogP contribution in [-0.2, 0) is 6.42 Å². The summed E-state index contributed by atoms with van der Waals surface area (Å²) in [5.41, 5.74) is 7.84. The normalized spacial score (nSPS) is 10.6. The zero-order valence-electron chi connectivity index (χ0n) is 11.1. The largest absolute Gasteiger partial charge is 0.496 e. The number of anilines is 1. The van der Waals surface area contributed by atoms with Crippen molar-refractivity contribution in [3.63, 3.8) is 0 Å². The molecule has 0 amide bonds. The van der Waals surface area contributed by atoms with Crippen molar-refractivity contribution >= 4 is 34.6 Å². The average Bonchev–Trinajstić information content (AvgIpc) is 2.75. The fourth-order valence-corrected chi connectivity index (χ4v) is 3.41. The Hall–Kier alpha value is -1.72. The molecule has 0 radical (unpaired) electrons. The number of rotatable bonds is 4. The molecular weight excluding hydrogens is 298 g/mol. The number of nitrogens with two attached hydrogens (primary N) is 1. The van der Waals surface area contributed by atoms with E-state index < -0.39 is 5.97 Å².